The highest BCUT2D eigenvalue weighted by Gasteiger charge is 2.25. The van der Waals surface area contributed by atoms with E-state index in [2.05, 4.69) is 16.8 Å². The molecule has 2 aliphatic heterocycles. The zero-order valence-electron chi connectivity index (χ0n) is 15.3. The minimum absolute atomic E-state index is 0.0331. The number of piperidine rings is 1. The maximum atomic E-state index is 12.4. The van der Waals surface area contributed by atoms with Gasteiger partial charge in [-0.2, -0.15) is 0 Å². The van der Waals surface area contributed by atoms with E-state index in [0.717, 1.165) is 38.8 Å². The van der Waals surface area contributed by atoms with Gasteiger partial charge in [0.05, 0.1) is 13.2 Å². The van der Waals surface area contributed by atoms with Gasteiger partial charge in [-0.25, -0.2) is 4.79 Å². The molecule has 2 saturated heterocycles. The van der Waals surface area contributed by atoms with Crippen molar-refractivity contribution in [3.63, 3.8) is 0 Å². The Kier molecular flexibility index (Phi) is 7.32. The number of carbonyl (C=O) groups is 2. The van der Waals surface area contributed by atoms with Gasteiger partial charge in [-0.1, -0.05) is 6.07 Å². The number of carbonyl (C=O) groups excluding carboxylic acids is 2. The van der Waals surface area contributed by atoms with Crippen LogP contribution in [0, 0.1) is 5.92 Å². The van der Waals surface area contributed by atoms with E-state index in [4.69, 9.17) is 4.74 Å². The van der Waals surface area contributed by atoms with Gasteiger partial charge in [-0.15, -0.1) is 11.3 Å². The summed E-state index contributed by atoms with van der Waals surface area (Å²) in [5, 5.41) is 5.09. The summed E-state index contributed by atoms with van der Waals surface area (Å²) in [7, 11) is 0. The van der Waals surface area contributed by atoms with Crippen molar-refractivity contribution in [2.75, 3.05) is 45.9 Å². The lowest BCUT2D eigenvalue weighted by Gasteiger charge is -2.33. The summed E-state index contributed by atoms with van der Waals surface area (Å²) in [6.45, 7) is 4.98. The molecule has 26 heavy (non-hydrogen) atoms. The first-order valence-corrected chi connectivity index (χ1v) is 10.5. The van der Waals surface area contributed by atoms with Crippen LogP contribution in [0.1, 0.15) is 30.6 Å². The Morgan fingerprint density at radius 1 is 1.23 bits per heavy atom. The number of rotatable bonds is 6. The first-order valence-electron chi connectivity index (χ1n) is 9.63. The van der Waals surface area contributed by atoms with Crippen LogP contribution < -0.4 is 5.32 Å². The fourth-order valence-corrected chi connectivity index (χ4v) is 4.35. The molecule has 0 aromatic carbocycles. The highest BCUT2D eigenvalue weighted by Crippen LogP contribution is 2.21. The SMILES string of the molecule is O=C(CCC1CCCN(C(=O)NCCc2cccs2)C1)N1CCOCC1. The fourth-order valence-electron chi connectivity index (χ4n) is 3.64. The molecule has 3 rings (SSSR count). The molecule has 3 amide bonds. The molecule has 144 valence electrons. The molecular formula is C19H29N3O3S. The third-order valence-electron chi connectivity index (χ3n) is 5.16. The van der Waals surface area contributed by atoms with Crippen LogP contribution in [0.4, 0.5) is 4.79 Å². The molecule has 6 nitrogen and oxygen atoms in total. The van der Waals surface area contributed by atoms with Crippen LogP contribution in [0.2, 0.25) is 0 Å². The molecule has 3 heterocycles. The van der Waals surface area contributed by atoms with Crippen molar-refractivity contribution < 1.29 is 14.3 Å². The molecule has 2 aliphatic rings. The molecule has 0 bridgehead atoms. The quantitative estimate of drug-likeness (QED) is 0.825. The first kappa shape index (κ1) is 19.2. The monoisotopic (exact) mass is 379 g/mol. The Balaban J connectivity index is 1.36. The normalized spacial score (nSPS) is 20.8. The van der Waals surface area contributed by atoms with Gasteiger partial charge in [0.1, 0.15) is 0 Å². The lowest BCUT2D eigenvalue weighted by atomic mass is 9.93. The Bertz CT molecular complexity index is 573. The van der Waals surface area contributed by atoms with Crippen molar-refractivity contribution in [3.8, 4) is 0 Å². The number of morpholine rings is 1. The Hall–Kier alpha value is -1.60. The molecule has 2 fully saturated rings. The van der Waals surface area contributed by atoms with E-state index in [1.165, 1.54) is 4.88 Å². The molecule has 0 saturated carbocycles. The van der Waals surface area contributed by atoms with E-state index in [1.54, 1.807) is 11.3 Å². The van der Waals surface area contributed by atoms with Crippen LogP contribution in [-0.2, 0) is 16.0 Å². The number of thiophene rings is 1. The summed E-state index contributed by atoms with van der Waals surface area (Å²) in [5.74, 6) is 0.655. The summed E-state index contributed by atoms with van der Waals surface area (Å²) < 4.78 is 5.30. The number of nitrogens with one attached hydrogen (secondary N) is 1. The standard InChI is InChI=1S/C19H29N3O3S/c23-18(21-10-12-25-13-11-21)6-5-16-3-1-9-22(15-16)19(24)20-8-7-17-4-2-14-26-17/h2,4,14,16H,1,3,5-13,15H2,(H,20,24). The Labute approximate surface area is 159 Å². The molecule has 0 radical (unpaired) electrons. The second kappa shape index (κ2) is 9.92. The lowest BCUT2D eigenvalue weighted by molar-refractivity contribution is -0.135. The number of likely N-dealkylation sites (tertiary alicyclic amines) is 1. The molecule has 7 heteroatoms. The minimum Gasteiger partial charge on any atom is -0.378 e. The van der Waals surface area contributed by atoms with E-state index in [-0.39, 0.29) is 11.9 Å². The number of amides is 3. The summed E-state index contributed by atoms with van der Waals surface area (Å²) in [5.41, 5.74) is 0. The van der Waals surface area contributed by atoms with Gasteiger partial charge in [0, 0.05) is 44.0 Å². The Morgan fingerprint density at radius 2 is 2.08 bits per heavy atom. The van der Waals surface area contributed by atoms with Gasteiger partial charge in [0.2, 0.25) is 5.91 Å². The Morgan fingerprint density at radius 3 is 2.85 bits per heavy atom. The first-order chi connectivity index (χ1) is 12.7. The molecule has 1 aromatic heterocycles. The van der Waals surface area contributed by atoms with Gasteiger partial charge >= 0.3 is 6.03 Å². The van der Waals surface area contributed by atoms with Crippen LogP contribution in [0.5, 0.6) is 0 Å². The predicted octanol–water partition coefficient (Wildman–Crippen LogP) is 2.35. The van der Waals surface area contributed by atoms with Gasteiger partial charge in [0.15, 0.2) is 0 Å². The van der Waals surface area contributed by atoms with E-state index in [9.17, 15) is 9.59 Å². The van der Waals surface area contributed by atoms with Crippen molar-refractivity contribution in [1.82, 2.24) is 15.1 Å². The number of nitrogens with zero attached hydrogens (tertiary/aromatic N) is 2. The van der Waals surface area contributed by atoms with Crippen molar-refractivity contribution in [1.29, 1.82) is 0 Å². The zero-order valence-corrected chi connectivity index (χ0v) is 16.1. The third kappa shape index (κ3) is 5.71. The van der Waals surface area contributed by atoms with Crippen LogP contribution in [0.25, 0.3) is 0 Å². The van der Waals surface area contributed by atoms with Crippen molar-refractivity contribution in [3.05, 3.63) is 22.4 Å². The zero-order chi connectivity index (χ0) is 18.2. The third-order valence-corrected chi connectivity index (χ3v) is 6.10. The number of hydrogen-bond acceptors (Lipinski definition) is 4. The number of ether oxygens (including phenoxy) is 1. The smallest absolute Gasteiger partial charge is 0.317 e. The van der Waals surface area contributed by atoms with Gasteiger partial charge in [0.25, 0.3) is 0 Å². The molecular weight excluding hydrogens is 350 g/mol. The number of urea groups is 1. The average molecular weight is 380 g/mol. The topological polar surface area (TPSA) is 61.9 Å². The summed E-state index contributed by atoms with van der Waals surface area (Å²) >= 11 is 1.72. The summed E-state index contributed by atoms with van der Waals surface area (Å²) in [6, 6.07) is 4.17. The number of hydrogen-bond donors (Lipinski definition) is 1. The summed E-state index contributed by atoms with van der Waals surface area (Å²) in [6.07, 6.45) is 4.46. The molecule has 0 spiro atoms. The second-order valence-corrected chi connectivity index (χ2v) is 8.08. The van der Waals surface area contributed by atoms with Crippen LogP contribution >= 0.6 is 11.3 Å². The lowest BCUT2D eigenvalue weighted by Crippen LogP contribution is -2.46. The van der Waals surface area contributed by atoms with Crippen molar-refractivity contribution >= 4 is 23.3 Å². The van der Waals surface area contributed by atoms with E-state index >= 15 is 0 Å². The molecule has 1 unspecified atom stereocenters. The molecule has 1 N–H and O–H groups in total. The maximum Gasteiger partial charge on any atom is 0.317 e. The van der Waals surface area contributed by atoms with Crippen molar-refractivity contribution in [2.24, 2.45) is 5.92 Å². The van der Waals surface area contributed by atoms with E-state index < -0.39 is 0 Å². The van der Waals surface area contributed by atoms with Crippen LogP contribution in [0.3, 0.4) is 0 Å². The summed E-state index contributed by atoms with van der Waals surface area (Å²) in [4.78, 5) is 29.8. The van der Waals surface area contributed by atoms with Gasteiger partial charge < -0.3 is 19.9 Å². The largest absolute Gasteiger partial charge is 0.378 e. The highest BCUT2D eigenvalue weighted by atomic mass is 32.1. The van der Waals surface area contributed by atoms with Crippen LogP contribution in [0.15, 0.2) is 17.5 Å². The minimum atomic E-state index is 0.0331. The maximum absolute atomic E-state index is 12.4. The van der Waals surface area contributed by atoms with Crippen LogP contribution in [-0.4, -0.2) is 67.7 Å². The van der Waals surface area contributed by atoms with E-state index in [1.807, 2.05) is 15.9 Å². The molecule has 1 atom stereocenters. The average Bonchev–Trinajstić information content (AvgIpc) is 3.20. The fraction of sp³-hybridized carbons (Fsp3) is 0.684. The second-order valence-electron chi connectivity index (χ2n) is 7.05. The molecule has 0 aliphatic carbocycles. The van der Waals surface area contributed by atoms with Gasteiger partial charge in [-0.05, 0) is 43.0 Å². The highest BCUT2D eigenvalue weighted by molar-refractivity contribution is 7.09. The van der Waals surface area contributed by atoms with Gasteiger partial charge in [-0.3, -0.25) is 4.79 Å². The van der Waals surface area contributed by atoms with Crippen molar-refractivity contribution in [2.45, 2.75) is 32.1 Å². The van der Waals surface area contributed by atoms with E-state index in [0.29, 0.717) is 45.2 Å². The predicted molar refractivity (Wildman–Crippen MR) is 102 cm³/mol. The molecule has 1 aromatic rings.